The molecule has 5 nitrogen and oxygen atoms in total. The fraction of sp³-hybridized carbons (Fsp3) is 0.417. The van der Waals surface area contributed by atoms with Gasteiger partial charge >= 0.3 is 5.97 Å². The van der Waals surface area contributed by atoms with Crippen LogP contribution in [0.15, 0.2) is 33.6 Å². The van der Waals surface area contributed by atoms with Gasteiger partial charge in [0, 0.05) is 4.47 Å². The maximum Gasteiger partial charge on any atom is 0.322 e. The Labute approximate surface area is 121 Å². The molecule has 0 saturated carbocycles. The summed E-state index contributed by atoms with van der Waals surface area (Å²) >= 11 is 3.14. The van der Waals surface area contributed by atoms with Crippen LogP contribution in [-0.2, 0) is 14.8 Å². The number of rotatable bonds is 4. The first-order valence-corrected chi connectivity index (χ1v) is 7.83. The van der Waals surface area contributed by atoms with Gasteiger partial charge in [-0.25, -0.2) is 8.42 Å². The van der Waals surface area contributed by atoms with E-state index in [4.69, 9.17) is 5.11 Å². The van der Waals surface area contributed by atoms with Crippen molar-refractivity contribution < 1.29 is 18.3 Å². The van der Waals surface area contributed by atoms with Crippen LogP contribution in [0.25, 0.3) is 0 Å². The molecule has 1 aromatic rings. The summed E-state index contributed by atoms with van der Waals surface area (Å²) in [6, 6.07) is 5.05. The molecule has 7 heteroatoms. The Morgan fingerprint density at radius 1 is 1.32 bits per heavy atom. The second kappa shape index (κ2) is 5.60. The van der Waals surface area contributed by atoms with Gasteiger partial charge in [-0.15, -0.1) is 0 Å². The third-order valence-electron chi connectivity index (χ3n) is 2.51. The zero-order chi connectivity index (χ0) is 14.8. The van der Waals surface area contributed by atoms with Crippen LogP contribution in [0.3, 0.4) is 0 Å². The van der Waals surface area contributed by atoms with E-state index >= 15 is 0 Å². The molecule has 0 aromatic heterocycles. The maximum atomic E-state index is 12.2. The molecule has 0 saturated heterocycles. The fourth-order valence-corrected chi connectivity index (χ4v) is 3.88. The van der Waals surface area contributed by atoms with E-state index in [1.165, 1.54) is 6.07 Å². The van der Waals surface area contributed by atoms with E-state index in [2.05, 4.69) is 20.7 Å². The Balaban J connectivity index is 3.16. The molecular weight excluding hydrogens is 334 g/mol. The summed E-state index contributed by atoms with van der Waals surface area (Å²) in [7, 11) is -3.90. The number of carboxylic acid groups (broad SMARTS) is 1. The minimum absolute atomic E-state index is 0.0190. The van der Waals surface area contributed by atoms with Crippen molar-refractivity contribution in [2.45, 2.75) is 31.7 Å². The van der Waals surface area contributed by atoms with Gasteiger partial charge in [0.2, 0.25) is 10.0 Å². The molecule has 2 N–H and O–H groups in total. The molecule has 19 heavy (non-hydrogen) atoms. The molecule has 0 radical (unpaired) electrons. The van der Waals surface area contributed by atoms with Crippen molar-refractivity contribution in [3.05, 3.63) is 28.7 Å². The number of halogens is 1. The van der Waals surface area contributed by atoms with Crippen molar-refractivity contribution in [1.29, 1.82) is 0 Å². The van der Waals surface area contributed by atoms with Crippen molar-refractivity contribution in [3.8, 4) is 0 Å². The summed E-state index contributed by atoms with van der Waals surface area (Å²) in [5.74, 6) is -1.21. The molecule has 0 aliphatic carbocycles. The molecule has 0 unspecified atom stereocenters. The van der Waals surface area contributed by atoms with Crippen LogP contribution in [-0.4, -0.2) is 25.5 Å². The molecule has 106 valence electrons. The zero-order valence-electron chi connectivity index (χ0n) is 10.8. The molecule has 0 bridgehead atoms. The standard InChI is InChI=1S/C12H16BrNO4S/c1-12(2,3)10(11(15)16)14-19(17,18)9-7-5-4-6-8(9)13/h4-7,10,14H,1-3H3,(H,15,16)/t10-/m0/s1. The van der Waals surface area contributed by atoms with Crippen molar-refractivity contribution in [3.63, 3.8) is 0 Å². The summed E-state index contributed by atoms with van der Waals surface area (Å²) in [5, 5.41) is 9.15. The van der Waals surface area contributed by atoms with Crippen LogP contribution >= 0.6 is 15.9 Å². The van der Waals surface area contributed by atoms with Crippen molar-refractivity contribution in [1.82, 2.24) is 4.72 Å². The molecule has 0 aliphatic rings. The lowest BCUT2D eigenvalue weighted by molar-refractivity contribution is -0.141. The first-order chi connectivity index (χ1) is 8.55. The van der Waals surface area contributed by atoms with Gasteiger partial charge in [0.1, 0.15) is 6.04 Å². The van der Waals surface area contributed by atoms with Crippen LogP contribution in [0.5, 0.6) is 0 Å². The number of sulfonamides is 1. The highest BCUT2D eigenvalue weighted by molar-refractivity contribution is 9.10. The molecule has 0 heterocycles. The Morgan fingerprint density at radius 3 is 2.26 bits per heavy atom. The average molecular weight is 350 g/mol. The van der Waals surface area contributed by atoms with Gasteiger partial charge < -0.3 is 5.11 Å². The minimum Gasteiger partial charge on any atom is -0.480 e. The zero-order valence-corrected chi connectivity index (χ0v) is 13.2. The molecule has 1 aromatic carbocycles. The van der Waals surface area contributed by atoms with E-state index in [1.807, 2.05) is 0 Å². The quantitative estimate of drug-likeness (QED) is 0.872. The van der Waals surface area contributed by atoms with Crippen LogP contribution in [0.2, 0.25) is 0 Å². The highest BCUT2D eigenvalue weighted by Crippen LogP contribution is 2.25. The molecule has 1 rings (SSSR count). The molecule has 0 spiro atoms. The highest BCUT2D eigenvalue weighted by atomic mass is 79.9. The Kier molecular flexibility index (Phi) is 4.76. The molecule has 1 atom stereocenters. The second-order valence-corrected chi connectivity index (χ2v) is 7.73. The van der Waals surface area contributed by atoms with E-state index in [-0.39, 0.29) is 4.90 Å². The first kappa shape index (κ1) is 16.1. The van der Waals surface area contributed by atoms with E-state index < -0.39 is 27.4 Å². The molecular formula is C12H16BrNO4S. The van der Waals surface area contributed by atoms with Crippen molar-refractivity contribution in [2.75, 3.05) is 0 Å². The van der Waals surface area contributed by atoms with Gasteiger partial charge in [-0.1, -0.05) is 32.9 Å². The van der Waals surface area contributed by atoms with E-state index in [0.717, 1.165) is 0 Å². The smallest absolute Gasteiger partial charge is 0.322 e. The third kappa shape index (κ3) is 4.02. The summed E-state index contributed by atoms with van der Waals surface area (Å²) in [4.78, 5) is 11.2. The lowest BCUT2D eigenvalue weighted by Gasteiger charge is -2.27. The van der Waals surface area contributed by atoms with Gasteiger partial charge in [-0.3, -0.25) is 4.79 Å². The topological polar surface area (TPSA) is 83.5 Å². The van der Waals surface area contributed by atoms with Gasteiger partial charge in [0.05, 0.1) is 4.90 Å². The lowest BCUT2D eigenvalue weighted by Crippen LogP contribution is -2.49. The van der Waals surface area contributed by atoms with Crippen molar-refractivity contribution >= 4 is 31.9 Å². The monoisotopic (exact) mass is 349 g/mol. The Hall–Kier alpha value is -0.920. The number of aliphatic carboxylic acids is 1. The summed E-state index contributed by atoms with van der Waals surface area (Å²) in [6.45, 7) is 4.98. The molecule has 0 aliphatic heterocycles. The van der Waals surface area contributed by atoms with E-state index in [0.29, 0.717) is 4.47 Å². The van der Waals surface area contributed by atoms with Gasteiger partial charge in [0.25, 0.3) is 0 Å². The van der Waals surface area contributed by atoms with E-state index in [1.54, 1.807) is 39.0 Å². The largest absolute Gasteiger partial charge is 0.480 e. The van der Waals surface area contributed by atoms with Crippen LogP contribution < -0.4 is 4.72 Å². The summed E-state index contributed by atoms with van der Waals surface area (Å²) in [5.41, 5.74) is -0.736. The average Bonchev–Trinajstić information content (AvgIpc) is 2.24. The fourth-order valence-electron chi connectivity index (χ4n) is 1.48. The first-order valence-electron chi connectivity index (χ1n) is 5.55. The maximum absolute atomic E-state index is 12.2. The van der Waals surface area contributed by atoms with Crippen molar-refractivity contribution in [2.24, 2.45) is 5.41 Å². The molecule has 0 amide bonds. The predicted molar refractivity (Wildman–Crippen MR) is 75.3 cm³/mol. The van der Waals surface area contributed by atoms with Crippen LogP contribution in [0.1, 0.15) is 20.8 Å². The van der Waals surface area contributed by atoms with Gasteiger partial charge in [-0.2, -0.15) is 4.72 Å². The number of carbonyl (C=O) groups is 1. The van der Waals surface area contributed by atoms with Gasteiger partial charge in [0.15, 0.2) is 0 Å². The SMILES string of the molecule is CC(C)(C)[C@@H](NS(=O)(=O)c1ccccc1Br)C(=O)O. The Morgan fingerprint density at radius 2 is 1.84 bits per heavy atom. The van der Waals surface area contributed by atoms with E-state index in [9.17, 15) is 13.2 Å². The lowest BCUT2D eigenvalue weighted by atomic mass is 9.88. The summed E-state index contributed by atoms with van der Waals surface area (Å²) < 4.78 is 27.0. The molecule has 0 fully saturated rings. The number of hydrogen-bond acceptors (Lipinski definition) is 3. The number of hydrogen-bond donors (Lipinski definition) is 2. The minimum atomic E-state index is -3.90. The van der Waals surface area contributed by atoms with Gasteiger partial charge in [-0.05, 0) is 33.5 Å². The normalized spacial score (nSPS) is 14.1. The van der Waals surface area contributed by atoms with Crippen LogP contribution in [0.4, 0.5) is 0 Å². The Bertz CT molecular complexity index is 578. The number of nitrogens with one attached hydrogen (secondary N) is 1. The third-order valence-corrected chi connectivity index (χ3v) is 4.95. The van der Waals surface area contributed by atoms with Crippen LogP contribution in [0, 0.1) is 5.41 Å². The summed E-state index contributed by atoms with van der Waals surface area (Å²) in [6.07, 6.45) is 0. The predicted octanol–water partition coefficient (Wildman–Crippen LogP) is 2.23. The number of carboxylic acids is 1. The number of benzene rings is 1. The second-order valence-electron chi connectivity index (χ2n) is 5.19. The highest BCUT2D eigenvalue weighted by Gasteiger charge is 2.35.